The summed E-state index contributed by atoms with van der Waals surface area (Å²) in [6.07, 6.45) is 1.78. The molecule has 18 nitrogen and oxygen atoms in total. The molecule has 0 fully saturated rings. The van der Waals surface area contributed by atoms with Crippen molar-refractivity contribution in [1.29, 1.82) is 0 Å². The van der Waals surface area contributed by atoms with Crippen LogP contribution in [-0.4, -0.2) is 110 Å². The van der Waals surface area contributed by atoms with Crippen molar-refractivity contribution in [2.45, 2.75) is 70.5 Å². The number of unbranched alkanes of at least 4 members (excludes halogenated alkanes) is 1. The number of benzene rings is 4. The summed E-state index contributed by atoms with van der Waals surface area (Å²) in [6.45, 7) is 3.61. The molecule has 19 heteroatoms. The summed E-state index contributed by atoms with van der Waals surface area (Å²) in [5.74, 6) is -4.59. The molecular weight excluding hydrogens is 944 g/mol. The zero-order chi connectivity index (χ0) is 52.1. The molecule has 2 heterocycles. The minimum absolute atomic E-state index is 0.107. The molecular formula is C53H61ClN8O10. The van der Waals surface area contributed by atoms with Gasteiger partial charge in [0, 0.05) is 72.9 Å². The van der Waals surface area contributed by atoms with Gasteiger partial charge in [-0.25, -0.2) is 0 Å². The number of aliphatic imine (C=N–C) groups is 1. The van der Waals surface area contributed by atoms with E-state index < -0.39 is 69.9 Å². The van der Waals surface area contributed by atoms with Crippen LogP contribution in [0.1, 0.15) is 73.5 Å². The molecule has 4 aromatic carbocycles. The number of nitrogens with one attached hydrogen (secondary N) is 2. The van der Waals surface area contributed by atoms with E-state index in [1.807, 2.05) is 24.3 Å². The molecule has 72 heavy (non-hydrogen) atoms. The second kappa shape index (κ2) is 25.3. The maximum absolute atomic E-state index is 15.0. The highest BCUT2D eigenvalue weighted by Gasteiger charge is 2.37. The fourth-order valence-corrected chi connectivity index (χ4v) is 8.93. The van der Waals surface area contributed by atoms with Crippen molar-refractivity contribution >= 4 is 52.9 Å². The molecule has 0 spiro atoms. The van der Waals surface area contributed by atoms with Crippen LogP contribution in [0.25, 0.3) is 22.3 Å². The Labute approximate surface area is 422 Å². The topological polar surface area (TPSA) is 282 Å². The third-order valence-electron chi connectivity index (χ3n) is 12.7. The van der Waals surface area contributed by atoms with E-state index in [2.05, 4.69) is 15.6 Å². The summed E-state index contributed by atoms with van der Waals surface area (Å²) in [6, 6.07) is 20.7. The summed E-state index contributed by atoms with van der Waals surface area (Å²) < 4.78 is 12.3. The number of halogens is 1. The quantitative estimate of drug-likeness (QED) is 0.0311. The summed E-state index contributed by atoms with van der Waals surface area (Å²) in [5, 5.41) is 17.6. The molecule has 0 aliphatic carbocycles. The summed E-state index contributed by atoms with van der Waals surface area (Å²) >= 11 is 6.09. The van der Waals surface area contributed by atoms with Gasteiger partial charge in [0.05, 0.1) is 29.3 Å². The molecule has 3 amide bonds. The normalized spacial score (nSPS) is 17.6. The van der Waals surface area contributed by atoms with Gasteiger partial charge in [-0.05, 0) is 85.0 Å². The van der Waals surface area contributed by atoms with E-state index in [-0.39, 0.29) is 63.5 Å². The van der Waals surface area contributed by atoms with E-state index in [1.165, 1.54) is 25.8 Å². The van der Waals surface area contributed by atoms with Crippen molar-refractivity contribution < 1.29 is 43.2 Å². The van der Waals surface area contributed by atoms with Crippen LogP contribution in [0.4, 0.5) is 0 Å². The van der Waals surface area contributed by atoms with E-state index in [0.29, 0.717) is 70.1 Å². The average Bonchev–Trinajstić information content (AvgIpc) is 3.88. The highest BCUT2D eigenvalue weighted by Crippen LogP contribution is 2.41. The van der Waals surface area contributed by atoms with Crippen molar-refractivity contribution in [3.8, 4) is 33.8 Å². The summed E-state index contributed by atoms with van der Waals surface area (Å²) in [5.41, 5.74) is 21.0. The molecule has 2 aliphatic rings. The van der Waals surface area contributed by atoms with Crippen LogP contribution in [0.5, 0.6) is 11.5 Å². The maximum atomic E-state index is 15.0. The molecule has 8 N–H and O–H groups in total. The number of allylic oxidation sites excluding steroid dienone is 1. The number of hydrogen-bond acceptors (Lipinski definition) is 14. The molecule has 0 unspecified atom stereocenters. The Morgan fingerprint density at radius 3 is 2.12 bits per heavy atom. The molecule has 0 saturated heterocycles. The van der Waals surface area contributed by atoms with Crippen LogP contribution in [-0.2, 0) is 30.4 Å². The van der Waals surface area contributed by atoms with E-state index >= 15 is 0 Å². The van der Waals surface area contributed by atoms with Gasteiger partial charge in [-0.1, -0.05) is 73.5 Å². The SMILES string of the molecule is C[C@@H]1CC(=O)[C@@H](N(C)C(=O)[C@H](CCCCN)CC(=O)c2ccc(-c3ccc(Cl)cc3)cc2)c2ccc(OCCN)c(c2)-c2cc(ccc2OCCN)C[C@@H](C(=O)N[C@@H](C)C(=O)C2=C([N+](=O)[O-])C=NC2)NC1=O. The number of rotatable bonds is 21. The summed E-state index contributed by atoms with van der Waals surface area (Å²) in [4.78, 5) is 102. The van der Waals surface area contributed by atoms with Gasteiger partial charge in [0.1, 0.15) is 36.8 Å². The number of amides is 3. The molecule has 4 bridgehead atoms. The highest BCUT2D eigenvalue weighted by atomic mass is 35.5. The Balaban J connectivity index is 1.39. The summed E-state index contributed by atoms with van der Waals surface area (Å²) in [7, 11) is 1.50. The van der Waals surface area contributed by atoms with E-state index in [0.717, 1.165) is 17.3 Å². The van der Waals surface area contributed by atoms with E-state index in [9.17, 15) is 38.9 Å². The third-order valence-corrected chi connectivity index (χ3v) is 12.9. The zero-order valence-electron chi connectivity index (χ0n) is 40.6. The lowest BCUT2D eigenvalue weighted by Gasteiger charge is -2.32. The number of likely N-dealkylation sites (N-methyl/N-ethyl adjacent to an activating group) is 1. The smallest absolute Gasteiger partial charge is 0.295 e. The molecule has 380 valence electrons. The number of carbonyl (C=O) groups excluding carboxylic acids is 6. The second-order valence-corrected chi connectivity index (χ2v) is 18.4. The van der Waals surface area contributed by atoms with Crippen LogP contribution < -0.4 is 37.3 Å². The van der Waals surface area contributed by atoms with Gasteiger partial charge in [0.2, 0.25) is 17.7 Å². The number of nitrogens with zero attached hydrogens (tertiary/aromatic N) is 3. The number of carbonyl (C=O) groups is 6. The van der Waals surface area contributed by atoms with Gasteiger partial charge < -0.3 is 42.2 Å². The fourth-order valence-electron chi connectivity index (χ4n) is 8.80. The van der Waals surface area contributed by atoms with Crippen molar-refractivity contribution in [2.24, 2.45) is 34.0 Å². The van der Waals surface area contributed by atoms with Crippen LogP contribution in [0.2, 0.25) is 5.02 Å². The van der Waals surface area contributed by atoms with Crippen LogP contribution in [0.15, 0.2) is 101 Å². The van der Waals surface area contributed by atoms with Crippen molar-refractivity contribution in [3.05, 3.63) is 128 Å². The average molecular weight is 1010 g/mol. The Morgan fingerprint density at radius 2 is 1.50 bits per heavy atom. The predicted octanol–water partition coefficient (Wildman–Crippen LogP) is 5.19. The first-order valence-electron chi connectivity index (χ1n) is 23.9. The monoisotopic (exact) mass is 1000 g/mol. The number of nitrogens with two attached hydrogens (primary N) is 3. The number of ether oxygens (including phenoxy) is 2. The van der Waals surface area contributed by atoms with Gasteiger partial charge in [-0.15, -0.1) is 0 Å². The van der Waals surface area contributed by atoms with Crippen molar-refractivity contribution in [3.63, 3.8) is 0 Å². The standard InChI is InChI=1S/C53H61ClN8O10/c1-31-24-46(64)49(61(3)53(68)38(6-4-5-19-55)28-45(63)36-10-8-34(9-11-36)35-12-15-39(54)16-13-35)37-14-18-48(72-23-21-57)41(27-37)40-25-33(7-17-47(40)71-22-20-56)26-43(60-51(31)66)52(67)59-32(2)50(65)42-29-58-30-44(42)62(69)70/h7-18,25,27,30-32,38,43,49H,4-6,19-24,26,28-29,55-57H2,1-3H3,(H,59,67)(H,60,66)/t31-,32+,38-,43+,49+/m1/s1. The Bertz CT molecular complexity index is 2730. The zero-order valence-corrected chi connectivity index (χ0v) is 41.3. The minimum Gasteiger partial charge on any atom is -0.492 e. The molecule has 0 radical (unpaired) electrons. The van der Waals surface area contributed by atoms with E-state index in [4.69, 9.17) is 38.3 Å². The largest absolute Gasteiger partial charge is 0.492 e. The molecule has 2 aliphatic heterocycles. The predicted molar refractivity (Wildman–Crippen MR) is 273 cm³/mol. The Kier molecular flexibility index (Phi) is 19.1. The first-order valence-corrected chi connectivity index (χ1v) is 24.3. The molecule has 5 atom stereocenters. The lowest BCUT2D eigenvalue weighted by molar-refractivity contribution is -0.414. The van der Waals surface area contributed by atoms with Crippen LogP contribution in [0, 0.1) is 22.0 Å². The second-order valence-electron chi connectivity index (χ2n) is 17.9. The Morgan fingerprint density at radius 1 is 0.875 bits per heavy atom. The number of Topliss-reactive ketones (excluding diaryl/α,β-unsaturated/α-hetero) is 3. The molecule has 4 aromatic rings. The van der Waals surface area contributed by atoms with Gasteiger partial charge in [0.15, 0.2) is 17.3 Å². The maximum Gasteiger partial charge on any atom is 0.295 e. The first kappa shape index (κ1) is 54.2. The number of hydrogen-bond donors (Lipinski definition) is 5. The highest BCUT2D eigenvalue weighted by molar-refractivity contribution is 6.30. The number of fused-ring (bicyclic) bond motifs is 5. The van der Waals surface area contributed by atoms with Gasteiger partial charge >= 0.3 is 0 Å². The first-order chi connectivity index (χ1) is 34.5. The van der Waals surface area contributed by atoms with Crippen LogP contribution >= 0.6 is 11.6 Å². The number of nitro groups is 1. The lowest BCUT2D eigenvalue weighted by atomic mass is 9.88. The lowest BCUT2D eigenvalue weighted by Crippen LogP contribution is -2.53. The molecule has 6 rings (SSSR count). The van der Waals surface area contributed by atoms with E-state index in [1.54, 1.807) is 60.7 Å². The molecule has 0 saturated carbocycles. The Hall–Kier alpha value is -7.12. The van der Waals surface area contributed by atoms with Crippen molar-refractivity contribution in [1.82, 2.24) is 15.5 Å². The van der Waals surface area contributed by atoms with Gasteiger partial charge in [0.25, 0.3) is 5.70 Å². The molecule has 0 aromatic heterocycles. The minimum atomic E-state index is -1.32. The number of ketones is 3. The fraction of sp³-hybridized carbons (Fsp3) is 0.377. The van der Waals surface area contributed by atoms with Gasteiger partial charge in [-0.2, -0.15) is 0 Å². The van der Waals surface area contributed by atoms with Gasteiger partial charge in [-0.3, -0.25) is 43.9 Å². The van der Waals surface area contributed by atoms with Crippen LogP contribution in [0.3, 0.4) is 0 Å². The van der Waals surface area contributed by atoms with Crippen molar-refractivity contribution in [2.75, 3.05) is 46.4 Å². The third kappa shape index (κ3) is 13.4.